The Kier molecular flexibility index (Phi) is 4.03. The first-order valence-electron chi connectivity index (χ1n) is 6.04. The Morgan fingerprint density at radius 3 is 2.06 bits per heavy atom. The molecule has 0 saturated heterocycles. The number of hydrazine groups is 1. The quantitative estimate of drug-likeness (QED) is 0.777. The van der Waals surface area contributed by atoms with Crippen LogP contribution >= 0.6 is 0 Å². The van der Waals surface area contributed by atoms with E-state index in [1.165, 1.54) is 5.69 Å². The third-order valence-electron chi connectivity index (χ3n) is 2.55. The zero-order valence-corrected chi connectivity index (χ0v) is 10.1. The average molecular weight is 226 g/mol. The molecule has 1 N–H and O–H groups in total. The first kappa shape index (κ1) is 11.5. The van der Waals surface area contributed by atoms with Crippen LogP contribution in [0.1, 0.15) is 13.3 Å². The zero-order valence-electron chi connectivity index (χ0n) is 10.1. The van der Waals surface area contributed by atoms with Gasteiger partial charge in [-0.15, -0.1) is 0 Å². The van der Waals surface area contributed by atoms with Gasteiger partial charge in [-0.3, -0.25) is 10.4 Å². The van der Waals surface area contributed by atoms with Crippen LogP contribution in [0, 0.1) is 0 Å². The van der Waals surface area contributed by atoms with E-state index in [-0.39, 0.29) is 0 Å². The molecule has 0 aliphatic rings. The van der Waals surface area contributed by atoms with E-state index < -0.39 is 0 Å². The van der Waals surface area contributed by atoms with E-state index in [2.05, 4.69) is 53.8 Å². The molecule has 2 aromatic carbocycles. The number of para-hydroxylation sites is 2. The van der Waals surface area contributed by atoms with E-state index >= 15 is 0 Å². The summed E-state index contributed by atoms with van der Waals surface area (Å²) in [7, 11) is 0. The van der Waals surface area contributed by atoms with Gasteiger partial charge in [0, 0.05) is 6.54 Å². The molecule has 2 aromatic rings. The molecule has 2 nitrogen and oxygen atoms in total. The Morgan fingerprint density at radius 1 is 0.882 bits per heavy atom. The molecule has 0 amide bonds. The SMILES string of the molecule is CCCN(Nc1ccccc1)c1ccccc1. The molecule has 0 saturated carbocycles. The highest BCUT2D eigenvalue weighted by atomic mass is 15.5. The lowest BCUT2D eigenvalue weighted by molar-refractivity contribution is 0.842. The maximum Gasteiger partial charge on any atom is 0.0571 e. The molecule has 0 spiro atoms. The molecule has 0 radical (unpaired) electrons. The highest BCUT2D eigenvalue weighted by Crippen LogP contribution is 2.16. The molecule has 0 aliphatic carbocycles. The minimum absolute atomic E-state index is 0.985. The van der Waals surface area contributed by atoms with Gasteiger partial charge in [-0.05, 0) is 30.7 Å². The van der Waals surface area contributed by atoms with Crippen LogP contribution in [0.2, 0.25) is 0 Å². The summed E-state index contributed by atoms with van der Waals surface area (Å²) < 4.78 is 0. The van der Waals surface area contributed by atoms with E-state index in [0.717, 1.165) is 18.7 Å². The van der Waals surface area contributed by atoms with Crippen LogP contribution in [0.15, 0.2) is 60.7 Å². The van der Waals surface area contributed by atoms with Crippen molar-refractivity contribution in [1.82, 2.24) is 0 Å². The number of nitrogens with one attached hydrogen (secondary N) is 1. The van der Waals surface area contributed by atoms with Crippen LogP contribution in [-0.2, 0) is 0 Å². The predicted octanol–water partition coefficient (Wildman–Crippen LogP) is 3.93. The van der Waals surface area contributed by atoms with Crippen molar-refractivity contribution in [3.8, 4) is 0 Å². The summed E-state index contributed by atoms with van der Waals surface area (Å²) in [4.78, 5) is 0. The minimum Gasteiger partial charge on any atom is -0.298 e. The standard InChI is InChI=1S/C15H18N2/c1-2-13-17(15-11-7-4-8-12-15)16-14-9-5-3-6-10-14/h3-12,16H,2,13H2,1H3. The Morgan fingerprint density at radius 2 is 1.47 bits per heavy atom. The Balaban J connectivity index is 2.13. The van der Waals surface area contributed by atoms with Crippen molar-refractivity contribution >= 4 is 11.4 Å². The van der Waals surface area contributed by atoms with Crippen LogP contribution in [0.3, 0.4) is 0 Å². The first-order valence-corrected chi connectivity index (χ1v) is 6.04. The molecular formula is C15H18N2. The molecule has 0 bridgehead atoms. The fraction of sp³-hybridized carbons (Fsp3) is 0.200. The van der Waals surface area contributed by atoms with E-state index in [1.54, 1.807) is 0 Å². The zero-order chi connectivity index (χ0) is 11.9. The molecule has 0 fully saturated rings. The topological polar surface area (TPSA) is 15.3 Å². The summed E-state index contributed by atoms with van der Waals surface area (Å²) in [6.45, 7) is 3.17. The van der Waals surface area contributed by atoms with Crippen molar-refractivity contribution < 1.29 is 0 Å². The van der Waals surface area contributed by atoms with Crippen molar-refractivity contribution in [2.75, 3.05) is 17.0 Å². The Hall–Kier alpha value is -1.96. The van der Waals surface area contributed by atoms with Gasteiger partial charge in [0.25, 0.3) is 0 Å². The molecule has 0 aliphatic heterocycles. The summed E-state index contributed by atoms with van der Waals surface area (Å²) >= 11 is 0. The number of nitrogens with zero attached hydrogens (tertiary/aromatic N) is 1. The lowest BCUT2D eigenvalue weighted by Gasteiger charge is -2.26. The normalized spacial score (nSPS) is 9.94. The van der Waals surface area contributed by atoms with Gasteiger partial charge in [0.05, 0.1) is 11.4 Å². The molecule has 0 heterocycles. The van der Waals surface area contributed by atoms with Gasteiger partial charge in [0.15, 0.2) is 0 Å². The molecule has 17 heavy (non-hydrogen) atoms. The van der Waals surface area contributed by atoms with Gasteiger partial charge in [-0.1, -0.05) is 43.3 Å². The summed E-state index contributed by atoms with van der Waals surface area (Å²) in [5, 5.41) is 2.18. The highest BCUT2D eigenvalue weighted by Gasteiger charge is 2.03. The third kappa shape index (κ3) is 3.25. The Bertz CT molecular complexity index is 425. The van der Waals surface area contributed by atoms with Gasteiger partial charge in [-0.25, -0.2) is 0 Å². The summed E-state index contributed by atoms with van der Waals surface area (Å²) in [6.07, 6.45) is 1.11. The second kappa shape index (κ2) is 5.94. The van der Waals surface area contributed by atoms with Gasteiger partial charge in [-0.2, -0.15) is 0 Å². The Labute approximate surface area is 103 Å². The van der Waals surface area contributed by atoms with Crippen molar-refractivity contribution in [2.45, 2.75) is 13.3 Å². The van der Waals surface area contributed by atoms with Crippen LogP contribution < -0.4 is 10.4 Å². The summed E-state index contributed by atoms with van der Waals surface area (Å²) in [5.41, 5.74) is 5.74. The smallest absolute Gasteiger partial charge is 0.0571 e. The number of rotatable bonds is 5. The second-order valence-electron chi connectivity index (χ2n) is 3.97. The largest absolute Gasteiger partial charge is 0.298 e. The molecule has 0 aromatic heterocycles. The lowest BCUT2D eigenvalue weighted by atomic mass is 10.3. The maximum absolute atomic E-state index is 3.43. The number of hydrogen-bond donors (Lipinski definition) is 1. The third-order valence-corrected chi connectivity index (χ3v) is 2.55. The van der Waals surface area contributed by atoms with E-state index in [1.807, 2.05) is 24.3 Å². The van der Waals surface area contributed by atoms with Crippen molar-refractivity contribution in [3.05, 3.63) is 60.7 Å². The van der Waals surface area contributed by atoms with Crippen molar-refractivity contribution in [3.63, 3.8) is 0 Å². The summed E-state index contributed by atoms with van der Waals surface area (Å²) in [6, 6.07) is 20.6. The van der Waals surface area contributed by atoms with Gasteiger partial charge in [0.2, 0.25) is 0 Å². The van der Waals surface area contributed by atoms with Crippen molar-refractivity contribution in [2.24, 2.45) is 0 Å². The van der Waals surface area contributed by atoms with Crippen LogP contribution in [-0.4, -0.2) is 6.54 Å². The molecule has 0 atom stereocenters. The highest BCUT2D eigenvalue weighted by molar-refractivity contribution is 5.54. The first-order chi connectivity index (χ1) is 8.40. The minimum atomic E-state index is 0.985. The van der Waals surface area contributed by atoms with E-state index in [9.17, 15) is 0 Å². The van der Waals surface area contributed by atoms with Gasteiger partial charge in [0.1, 0.15) is 0 Å². The molecule has 0 unspecified atom stereocenters. The van der Waals surface area contributed by atoms with E-state index in [0.29, 0.717) is 0 Å². The van der Waals surface area contributed by atoms with Gasteiger partial charge < -0.3 is 0 Å². The average Bonchev–Trinajstić information content (AvgIpc) is 2.40. The number of anilines is 2. The van der Waals surface area contributed by atoms with E-state index in [4.69, 9.17) is 0 Å². The van der Waals surface area contributed by atoms with Crippen LogP contribution in [0.4, 0.5) is 11.4 Å². The molecule has 2 heteroatoms. The lowest BCUT2D eigenvalue weighted by Crippen LogP contribution is -2.30. The molecule has 88 valence electrons. The van der Waals surface area contributed by atoms with Crippen molar-refractivity contribution in [1.29, 1.82) is 0 Å². The van der Waals surface area contributed by atoms with Crippen LogP contribution in [0.25, 0.3) is 0 Å². The summed E-state index contributed by atoms with van der Waals surface area (Å²) in [5.74, 6) is 0. The van der Waals surface area contributed by atoms with Gasteiger partial charge >= 0.3 is 0 Å². The second-order valence-corrected chi connectivity index (χ2v) is 3.97. The fourth-order valence-electron chi connectivity index (χ4n) is 1.75. The molecular weight excluding hydrogens is 208 g/mol. The molecule has 2 rings (SSSR count). The number of hydrogen-bond acceptors (Lipinski definition) is 2. The fourth-order valence-corrected chi connectivity index (χ4v) is 1.75. The monoisotopic (exact) mass is 226 g/mol. The number of benzene rings is 2. The predicted molar refractivity (Wildman–Crippen MR) is 74.1 cm³/mol. The maximum atomic E-state index is 3.43. The van der Waals surface area contributed by atoms with Crippen LogP contribution in [0.5, 0.6) is 0 Å².